The molecule has 2 aromatic heterocycles. The van der Waals surface area contributed by atoms with E-state index in [0.29, 0.717) is 12.4 Å². The summed E-state index contributed by atoms with van der Waals surface area (Å²) in [7, 11) is 0. The second-order valence-electron chi connectivity index (χ2n) is 3.10. The molecular weight excluding hydrogens is 195 g/mol. The zero-order valence-corrected chi connectivity index (χ0v) is 8.07. The van der Waals surface area contributed by atoms with Crippen LogP contribution in [0, 0.1) is 5.95 Å². The molecule has 0 saturated heterocycles. The molecule has 2 heterocycles. The molecule has 0 aliphatic heterocycles. The lowest BCUT2D eigenvalue weighted by atomic mass is 10.3. The Morgan fingerprint density at radius 2 is 2.33 bits per heavy atom. The Balaban J connectivity index is 1.83. The molecule has 0 aliphatic rings. The van der Waals surface area contributed by atoms with Gasteiger partial charge in [-0.15, -0.1) is 0 Å². The Morgan fingerprint density at radius 3 is 3.07 bits per heavy atom. The van der Waals surface area contributed by atoms with Gasteiger partial charge in [0.2, 0.25) is 5.95 Å². The first-order valence-corrected chi connectivity index (χ1v) is 4.68. The summed E-state index contributed by atoms with van der Waals surface area (Å²) in [5, 5.41) is 3.02. The van der Waals surface area contributed by atoms with Gasteiger partial charge in [-0.05, 0) is 12.1 Å². The van der Waals surface area contributed by atoms with E-state index in [4.69, 9.17) is 0 Å². The van der Waals surface area contributed by atoms with Crippen LogP contribution in [0.3, 0.4) is 0 Å². The van der Waals surface area contributed by atoms with Crippen molar-refractivity contribution in [2.75, 3.05) is 11.9 Å². The van der Waals surface area contributed by atoms with Crippen molar-refractivity contribution in [3.8, 4) is 0 Å². The van der Waals surface area contributed by atoms with Gasteiger partial charge in [-0.1, -0.05) is 6.07 Å². The molecule has 15 heavy (non-hydrogen) atoms. The maximum atomic E-state index is 12.7. The van der Waals surface area contributed by atoms with E-state index in [0.717, 1.165) is 12.1 Å². The lowest BCUT2D eigenvalue weighted by Crippen LogP contribution is -2.06. The largest absolute Gasteiger partial charge is 0.370 e. The Labute approximate surface area is 86.6 Å². The fourth-order valence-electron chi connectivity index (χ4n) is 1.25. The third kappa shape index (κ3) is 2.77. The third-order valence-electron chi connectivity index (χ3n) is 1.97. The Kier molecular flexibility index (Phi) is 2.92. The highest BCUT2D eigenvalue weighted by Gasteiger charge is 1.96. The van der Waals surface area contributed by atoms with Gasteiger partial charge in [-0.2, -0.15) is 4.39 Å². The molecule has 0 atom stereocenters. The monoisotopic (exact) mass is 206 g/mol. The van der Waals surface area contributed by atoms with E-state index in [9.17, 15) is 4.39 Å². The molecule has 0 spiro atoms. The minimum atomic E-state index is -0.471. The molecule has 0 aliphatic carbocycles. The van der Waals surface area contributed by atoms with Gasteiger partial charge in [0.15, 0.2) is 0 Å². The molecule has 2 rings (SSSR count). The first kappa shape index (κ1) is 9.64. The van der Waals surface area contributed by atoms with Crippen LogP contribution in [-0.2, 0) is 6.42 Å². The maximum absolute atomic E-state index is 12.7. The van der Waals surface area contributed by atoms with Crippen molar-refractivity contribution in [3.63, 3.8) is 0 Å². The second kappa shape index (κ2) is 4.54. The number of halogens is 1. The minimum absolute atomic E-state index is 0.471. The second-order valence-corrected chi connectivity index (χ2v) is 3.10. The fraction of sp³-hybridized carbons (Fsp3) is 0.200. The topological polar surface area (TPSA) is 53.6 Å². The summed E-state index contributed by atoms with van der Waals surface area (Å²) < 4.78 is 12.7. The van der Waals surface area contributed by atoms with E-state index in [1.54, 1.807) is 24.7 Å². The number of H-pyrrole nitrogens is 1. The number of hydrogen-bond donors (Lipinski definition) is 2. The Hall–Kier alpha value is -1.91. The molecule has 2 N–H and O–H groups in total. The summed E-state index contributed by atoms with van der Waals surface area (Å²) in [4.78, 5) is 10.6. The van der Waals surface area contributed by atoms with Crippen molar-refractivity contribution >= 4 is 5.82 Å². The quantitative estimate of drug-likeness (QED) is 0.747. The van der Waals surface area contributed by atoms with Crippen molar-refractivity contribution in [1.29, 1.82) is 0 Å². The smallest absolute Gasteiger partial charge is 0.214 e. The number of anilines is 1. The van der Waals surface area contributed by atoms with E-state index >= 15 is 0 Å². The molecule has 0 unspecified atom stereocenters. The molecule has 0 fully saturated rings. The third-order valence-corrected chi connectivity index (χ3v) is 1.97. The molecule has 5 heteroatoms. The van der Waals surface area contributed by atoms with Gasteiger partial charge in [0.25, 0.3) is 0 Å². The van der Waals surface area contributed by atoms with E-state index in [1.807, 2.05) is 0 Å². The van der Waals surface area contributed by atoms with Crippen LogP contribution < -0.4 is 5.32 Å². The molecule has 0 radical (unpaired) electrons. The summed E-state index contributed by atoms with van der Waals surface area (Å²) in [5.74, 6) is 0.0797. The van der Waals surface area contributed by atoms with Gasteiger partial charge in [-0.3, -0.25) is 0 Å². The maximum Gasteiger partial charge on any atom is 0.214 e. The molecule has 2 aromatic rings. The molecule has 0 amide bonds. The van der Waals surface area contributed by atoms with Crippen LogP contribution in [0.5, 0.6) is 0 Å². The molecule has 78 valence electrons. The number of nitrogens with one attached hydrogen (secondary N) is 2. The van der Waals surface area contributed by atoms with E-state index in [1.165, 1.54) is 6.07 Å². The summed E-state index contributed by atoms with van der Waals surface area (Å²) in [6, 6.07) is 4.68. The van der Waals surface area contributed by atoms with Gasteiger partial charge in [0.1, 0.15) is 5.82 Å². The van der Waals surface area contributed by atoms with Crippen molar-refractivity contribution in [2.45, 2.75) is 6.42 Å². The van der Waals surface area contributed by atoms with Gasteiger partial charge in [-0.25, -0.2) is 9.97 Å². The molecule has 0 aromatic carbocycles. The highest BCUT2D eigenvalue weighted by molar-refractivity contribution is 5.33. The molecule has 0 bridgehead atoms. The lowest BCUT2D eigenvalue weighted by molar-refractivity contribution is 0.585. The van der Waals surface area contributed by atoms with E-state index < -0.39 is 5.95 Å². The van der Waals surface area contributed by atoms with E-state index in [-0.39, 0.29) is 0 Å². The Bertz CT molecular complexity index is 413. The highest BCUT2D eigenvalue weighted by Crippen LogP contribution is 2.03. The summed E-state index contributed by atoms with van der Waals surface area (Å²) in [6.07, 6.45) is 4.20. The number of rotatable bonds is 4. The average Bonchev–Trinajstić information content (AvgIpc) is 2.71. The number of nitrogens with zero attached hydrogens (tertiary/aromatic N) is 2. The number of imidazole rings is 1. The predicted octanol–water partition coefficient (Wildman–Crippen LogP) is 1.60. The Morgan fingerprint density at radius 1 is 1.40 bits per heavy atom. The van der Waals surface area contributed by atoms with Crippen LogP contribution >= 0.6 is 0 Å². The van der Waals surface area contributed by atoms with Crippen LogP contribution in [-0.4, -0.2) is 21.5 Å². The summed E-state index contributed by atoms with van der Waals surface area (Å²) in [5.41, 5.74) is 1.04. The van der Waals surface area contributed by atoms with Crippen LogP contribution in [0.15, 0.2) is 30.7 Å². The molecule has 0 saturated carbocycles. The number of aromatic nitrogens is 3. The predicted molar refractivity (Wildman–Crippen MR) is 55.0 cm³/mol. The first-order valence-electron chi connectivity index (χ1n) is 4.68. The SMILES string of the molecule is Fc1cccc(NCCc2cnc[nH]2)n1. The summed E-state index contributed by atoms with van der Waals surface area (Å²) in [6.45, 7) is 0.693. The van der Waals surface area contributed by atoms with Gasteiger partial charge in [0, 0.05) is 24.9 Å². The fourth-order valence-corrected chi connectivity index (χ4v) is 1.25. The van der Waals surface area contributed by atoms with Gasteiger partial charge >= 0.3 is 0 Å². The van der Waals surface area contributed by atoms with Crippen LogP contribution in [0.25, 0.3) is 0 Å². The number of pyridine rings is 1. The highest BCUT2D eigenvalue weighted by atomic mass is 19.1. The van der Waals surface area contributed by atoms with Gasteiger partial charge < -0.3 is 10.3 Å². The van der Waals surface area contributed by atoms with Crippen molar-refractivity contribution in [1.82, 2.24) is 15.0 Å². The number of aromatic amines is 1. The van der Waals surface area contributed by atoms with Crippen molar-refractivity contribution < 1.29 is 4.39 Å². The van der Waals surface area contributed by atoms with Crippen LogP contribution in [0.4, 0.5) is 10.2 Å². The molecular formula is C10H11FN4. The standard InChI is InChI=1S/C10H11FN4/c11-9-2-1-3-10(15-9)13-5-4-8-6-12-7-14-8/h1-3,6-7H,4-5H2,(H,12,14)(H,13,15). The average molecular weight is 206 g/mol. The van der Waals surface area contributed by atoms with Gasteiger partial charge in [0.05, 0.1) is 6.33 Å². The summed E-state index contributed by atoms with van der Waals surface area (Å²) >= 11 is 0. The van der Waals surface area contributed by atoms with Crippen LogP contribution in [0.2, 0.25) is 0 Å². The zero-order chi connectivity index (χ0) is 10.5. The van der Waals surface area contributed by atoms with Crippen LogP contribution in [0.1, 0.15) is 5.69 Å². The zero-order valence-electron chi connectivity index (χ0n) is 8.07. The van der Waals surface area contributed by atoms with Crippen molar-refractivity contribution in [2.24, 2.45) is 0 Å². The van der Waals surface area contributed by atoms with E-state index in [2.05, 4.69) is 20.3 Å². The normalized spacial score (nSPS) is 10.2. The minimum Gasteiger partial charge on any atom is -0.370 e. The first-order chi connectivity index (χ1) is 7.34. The number of hydrogen-bond acceptors (Lipinski definition) is 3. The molecule has 4 nitrogen and oxygen atoms in total. The van der Waals surface area contributed by atoms with Crippen molar-refractivity contribution in [3.05, 3.63) is 42.4 Å². The lowest BCUT2D eigenvalue weighted by Gasteiger charge is -2.03.